The highest BCUT2D eigenvalue weighted by molar-refractivity contribution is 4.75. The van der Waals surface area contributed by atoms with E-state index < -0.39 is 5.79 Å². The fourth-order valence-electron chi connectivity index (χ4n) is 0.852. The Balaban J connectivity index is 4.26. The van der Waals surface area contributed by atoms with Crippen LogP contribution in [0.3, 0.4) is 0 Å². The summed E-state index contributed by atoms with van der Waals surface area (Å²) in [6.45, 7) is 1.54. The maximum absolute atomic E-state index is 8.95. The molecule has 0 rings (SSSR count). The zero-order valence-electron chi connectivity index (χ0n) is 7.46. The quantitative estimate of drug-likeness (QED) is 0.581. The molecule has 1 N–H and O–H groups in total. The second-order valence-corrected chi connectivity index (χ2v) is 2.26. The molecule has 0 bridgehead atoms. The van der Waals surface area contributed by atoms with Crippen LogP contribution in [0.4, 0.5) is 0 Å². The van der Waals surface area contributed by atoms with E-state index in [2.05, 4.69) is 0 Å². The lowest BCUT2D eigenvalue weighted by Crippen LogP contribution is -2.48. The molecule has 0 aromatic heterocycles. The van der Waals surface area contributed by atoms with E-state index in [1.54, 1.807) is 6.92 Å². The maximum Gasteiger partial charge on any atom is 0.217 e. The lowest BCUT2D eigenvalue weighted by molar-refractivity contribution is -0.275. The second kappa shape index (κ2) is 4.66. The number of aliphatic hydroxyl groups is 1. The van der Waals surface area contributed by atoms with Gasteiger partial charge in [0.15, 0.2) is 0 Å². The number of rotatable bonds is 5. The number of hydrogen-bond acceptors (Lipinski definition) is 4. The van der Waals surface area contributed by atoms with Gasteiger partial charge >= 0.3 is 0 Å². The Bertz CT molecular complexity index is 92.3. The molecule has 0 aromatic rings. The van der Waals surface area contributed by atoms with E-state index in [1.165, 1.54) is 21.3 Å². The van der Waals surface area contributed by atoms with E-state index in [-0.39, 0.29) is 12.7 Å². The van der Waals surface area contributed by atoms with E-state index in [0.29, 0.717) is 0 Å². The van der Waals surface area contributed by atoms with Gasteiger partial charge in [0.2, 0.25) is 5.79 Å². The smallest absolute Gasteiger partial charge is 0.217 e. The Labute approximate surface area is 67.1 Å². The van der Waals surface area contributed by atoms with E-state index in [9.17, 15) is 0 Å². The second-order valence-electron chi connectivity index (χ2n) is 2.26. The SMILES string of the molecule is COC(C)C(CO)(OC)OC. The fraction of sp³-hybridized carbons (Fsp3) is 1.00. The Kier molecular flexibility index (Phi) is 4.60. The van der Waals surface area contributed by atoms with Crippen molar-refractivity contribution in [3.63, 3.8) is 0 Å². The minimum Gasteiger partial charge on any atom is -0.391 e. The predicted molar refractivity (Wildman–Crippen MR) is 40.3 cm³/mol. The molecular weight excluding hydrogens is 148 g/mol. The average molecular weight is 164 g/mol. The molecule has 0 aliphatic rings. The Hall–Kier alpha value is -0.160. The summed E-state index contributed by atoms with van der Waals surface area (Å²) in [6.07, 6.45) is -0.303. The first-order valence-electron chi connectivity index (χ1n) is 3.40. The molecule has 0 aliphatic heterocycles. The number of hydrogen-bond donors (Lipinski definition) is 1. The molecule has 0 amide bonds. The molecule has 0 aliphatic carbocycles. The Morgan fingerprint density at radius 3 is 1.82 bits per heavy atom. The summed E-state index contributed by atoms with van der Waals surface area (Å²) in [5.41, 5.74) is 0. The standard InChI is InChI=1S/C7H16O4/c1-6(9-2)7(5-8,10-3)11-4/h6,8H,5H2,1-4H3. The van der Waals surface area contributed by atoms with Crippen LogP contribution in [0.5, 0.6) is 0 Å². The third-order valence-corrected chi connectivity index (χ3v) is 1.88. The monoisotopic (exact) mass is 164 g/mol. The van der Waals surface area contributed by atoms with Crippen molar-refractivity contribution in [3.05, 3.63) is 0 Å². The Morgan fingerprint density at radius 1 is 1.27 bits per heavy atom. The maximum atomic E-state index is 8.95. The van der Waals surface area contributed by atoms with Crippen LogP contribution in [0.2, 0.25) is 0 Å². The minimum atomic E-state index is -1.03. The van der Waals surface area contributed by atoms with Crippen LogP contribution in [0.15, 0.2) is 0 Å². The molecule has 0 fully saturated rings. The summed E-state index contributed by atoms with van der Waals surface area (Å²) in [6, 6.07) is 0. The van der Waals surface area contributed by atoms with Crippen molar-refractivity contribution in [2.45, 2.75) is 18.8 Å². The van der Waals surface area contributed by atoms with Crippen LogP contribution in [0.1, 0.15) is 6.92 Å². The zero-order valence-corrected chi connectivity index (χ0v) is 7.46. The molecule has 1 atom stereocenters. The van der Waals surface area contributed by atoms with Gasteiger partial charge in [-0.05, 0) is 6.92 Å². The van der Waals surface area contributed by atoms with Crippen molar-refractivity contribution >= 4 is 0 Å². The summed E-state index contributed by atoms with van der Waals surface area (Å²) in [5, 5.41) is 8.95. The molecule has 0 radical (unpaired) electrons. The highest BCUT2D eigenvalue weighted by Gasteiger charge is 2.36. The van der Waals surface area contributed by atoms with Gasteiger partial charge in [-0.1, -0.05) is 0 Å². The van der Waals surface area contributed by atoms with Crippen molar-refractivity contribution in [2.75, 3.05) is 27.9 Å². The van der Waals surface area contributed by atoms with Crippen molar-refractivity contribution in [3.8, 4) is 0 Å². The molecule has 0 aromatic carbocycles. The van der Waals surface area contributed by atoms with E-state index in [1.807, 2.05) is 0 Å². The van der Waals surface area contributed by atoms with Gasteiger partial charge in [-0.2, -0.15) is 0 Å². The minimum absolute atomic E-state index is 0.227. The molecule has 68 valence electrons. The van der Waals surface area contributed by atoms with Crippen molar-refractivity contribution in [2.24, 2.45) is 0 Å². The topological polar surface area (TPSA) is 47.9 Å². The highest BCUT2D eigenvalue weighted by atomic mass is 16.7. The first kappa shape index (κ1) is 10.8. The third-order valence-electron chi connectivity index (χ3n) is 1.88. The van der Waals surface area contributed by atoms with Crippen molar-refractivity contribution in [1.29, 1.82) is 0 Å². The molecule has 0 saturated heterocycles. The fourth-order valence-corrected chi connectivity index (χ4v) is 0.852. The predicted octanol–water partition coefficient (Wildman–Crippen LogP) is 0.00270. The molecule has 4 heteroatoms. The van der Waals surface area contributed by atoms with Gasteiger partial charge < -0.3 is 19.3 Å². The van der Waals surface area contributed by atoms with Gasteiger partial charge in [-0.25, -0.2) is 0 Å². The van der Waals surface area contributed by atoms with Crippen LogP contribution in [-0.4, -0.2) is 44.9 Å². The first-order valence-corrected chi connectivity index (χ1v) is 3.40. The van der Waals surface area contributed by atoms with Crippen molar-refractivity contribution < 1.29 is 19.3 Å². The van der Waals surface area contributed by atoms with Crippen LogP contribution in [0.25, 0.3) is 0 Å². The van der Waals surface area contributed by atoms with Crippen LogP contribution >= 0.6 is 0 Å². The van der Waals surface area contributed by atoms with E-state index >= 15 is 0 Å². The molecular formula is C7H16O4. The summed E-state index contributed by atoms with van der Waals surface area (Å²) in [4.78, 5) is 0. The summed E-state index contributed by atoms with van der Waals surface area (Å²) >= 11 is 0. The average Bonchev–Trinajstić information content (AvgIpc) is 2.08. The third kappa shape index (κ3) is 2.13. The van der Waals surface area contributed by atoms with Gasteiger partial charge in [0.05, 0.1) is 6.61 Å². The molecule has 11 heavy (non-hydrogen) atoms. The van der Waals surface area contributed by atoms with Gasteiger partial charge in [0.1, 0.15) is 6.10 Å². The summed E-state index contributed by atoms with van der Waals surface area (Å²) < 4.78 is 15.0. The lowest BCUT2D eigenvalue weighted by Gasteiger charge is -2.33. The van der Waals surface area contributed by atoms with Gasteiger partial charge in [0, 0.05) is 21.3 Å². The van der Waals surface area contributed by atoms with Gasteiger partial charge in [0.25, 0.3) is 0 Å². The van der Waals surface area contributed by atoms with Gasteiger partial charge in [-0.3, -0.25) is 0 Å². The van der Waals surface area contributed by atoms with Crippen LogP contribution in [-0.2, 0) is 14.2 Å². The highest BCUT2D eigenvalue weighted by Crippen LogP contribution is 2.17. The lowest BCUT2D eigenvalue weighted by atomic mass is 10.2. The molecule has 4 nitrogen and oxygen atoms in total. The Morgan fingerprint density at radius 2 is 1.73 bits per heavy atom. The van der Waals surface area contributed by atoms with Crippen LogP contribution in [0, 0.1) is 0 Å². The van der Waals surface area contributed by atoms with E-state index in [4.69, 9.17) is 19.3 Å². The molecule has 0 heterocycles. The molecule has 0 saturated carbocycles. The van der Waals surface area contributed by atoms with Crippen LogP contribution < -0.4 is 0 Å². The zero-order chi connectivity index (χ0) is 8.91. The van der Waals surface area contributed by atoms with E-state index in [0.717, 1.165) is 0 Å². The number of ether oxygens (including phenoxy) is 3. The van der Waals surface area contributed by atoms with Crippen molar-refractivity contribution in [1.82, 2.24) is 0 Å². The molecule has 0 spiro atoms. The molecule has 1 unspecified atom stereocenters. The number of aliphatic hydroxyl groups excluding tert-OH is 1. The summed E-state index contributed by atoms with van der Waals surface area (Å²) in [7, 11) is 4.47. The summed E-state index contributed by atoms with van der Waals surface area (Å²) in [5.74, 6) is -1.03. The normalized spacial score (nSPS) is 15.0. The largest absolute Gasteiger partial charge is 0.391 e. The number of methoxy groups -OCH3 is 3. The first-order chi connectivity index (χ1) is 5.16. The van der Waals surface area contributed by atoms with Gasteiger partial charge in [-0.15, -0.1) is 0 Å².